The van der Waals surface area contributed by atoms with E-state index in [0.717, 1.165) is 28.1 Å². The third-order valence-corrected chi connectivity index (χ3v) is 4.18. The lowest BCUT2D eigenvalue weighted by Gasteiger charge is -2.09. The number of hydrogen-bond donors (Lipinski definition) is 1. The van der Waals surface area contributed by atoms with Crippen LogP contribution in [-0.4, -0.2) is 30.8 Å². The molecule has 6 heteroatoms. The predicted octanol–water partition coefficient (Wildman–Crippen LogP) is 3.53. The Kier molecular flexibility index (Phi) is 3.80. The van der Waals surface area contributed by atoms with Crippen molar-refractivity contribution in [3.63, 3.8) is 0 Å². The lowest BCUT2D eigenvalue weighted by molar-refractivity contribution is 0.278. The lowest BCUT2D eigenvalue weighted by Crippen LogP contribution is -2.00. The van der Waals surface area contributed by atoms with Crippen LogP contribution in [0.4, 0.5) is 0 Å². The van der Waals surface area contributed by atoms with Gasteiger partial charge in [-0.05, 0) is 30.3 Å². The van der Waals surface area contributed by atoms with E-state index in [1.54, 1.807) is 12.5 Å². The quantitative estimate of drug-likeness (QED) is 0.619. The van der Waals surface area contributed by atoms with E-state index in [1.807, 2.05) is 57.8 Å². The Morgan fingerprint density at radius 1 is 1.08 bits per heavy atom. The van der Waals surface area contributed by atoms with Crippen molar-refractivity contribution in [3.05, 3.63) is 66.2 Å². The molecule has 5 nitrogen and oxygen atoms in total. The molecule has 4 aromatic rings. The van der Waals surface area contributed by atoms with Crippen LogP contribution in [0.25, 0.3) is 28.1 Å². The zero-order valence-electron chi connectivity index (χ0n) is 12.8. The van der Waals surface area contributed by atoms with Gasteiger partial charge in [0.15, 0.2) is 0 Å². The van der Waals surface area contributed by atoms with Gasteiger partial charge in [0, 0.05) is 35.2 Å². The van der Waals surface area contributed by atoms with E-state index in [2.05, 4.69) is 9.97 Å². The summed E-state index contributed by atoms with van der Waals surface area (Å²) in [6.45, 7) is 0.627. The largest absolute Gasteiger partial charge is 0.395 e. The van der Waals surface area contributed by atoms with Crippen LogP contribution < -0.4 is 0 Å². The van der Waals surface area contributed by atoms with Gasteiger partial charge in [-0.15, -0.1) is 0 Å². The highest BCUT2D eigenvalue weighted by Gasteiger charge is 2.10. The molecule has 0 aliphatic carbocycles. The summed E-state index contributed by atoms with van der Waals surface area (Å²) in [5.41, 5.74) is 3.81. The van der Waals surface area contributed by atoms with Crippen molar-refractivity contribution < 1.29 is 5.11 Å². The summed E-state index contributed by atoms with van der Waals surface area (Å²) in [5.74, 6) is 0.826. The van der Waals surface area contributed by atoms with Gasteiger partial charge in [0.25, 0.3) is 0 Å². The molecule has 2 heterocycles. The van der Waals surface area contributed by atoms with E-state index in [-0.39, 0.29) is 6.61 Å². The minimum atomic E-state index is 0.0909. The third-order valence-electron chi connectivity index (χ3n) is 3.95. The topological polar surface area (TPSA) is 55.9 Å². The Labute approximate surface area is 143 Å². The zero-order chi connectivity index (χ0) is 16.5. The Balaban J connectivity index is 1.80. The maximum atomic E-state index is 9.12. The van der Waals surface area contributed by atoms with Crippen molar-refractivity contribution in [2.24, 2.45) is 0 Å². The smallest absolute Gasteiger partial charge is 0.144 e. The summed E-state index contributed by atoms with van der Waals surface area (Å²) in [5, 5.41) is 9.80. The molecule has 0 fully saturated rings. The molecule has 4 rings (SSSR count). The lowest BCUT2D eigenvalue weighted by atomic mass is 10.2. The number of fused-ring (bicyclic) bond motifs is 1. The number of benzene rings is 2. The molecule has 2 aromatic heterocycles. The molecule has 0 atom stereocenters. The van der Waals surface area contributed by atoms with E-state index >= 15 is 0 Å². The standard InChI is InChI=1S/C18H15ClN4O/c19-14-3-1-2-13(10-14)18-20-6-7-23(18)15-4-5-17-16(11-15)21-12-22(17)8-9-24/h1-7,10-12,24H,8-9H2. The van der Waals surface area contributed by atoms with Crippen LogP contribution in [0.5, 0.6) is 0 Å². The predicted molar refractivity (Wildman–Crippen MR) is 94.4 cm³/mol. The molecular weight excluding hydrogens is 324 g/mol. The van der Waals surface area contributed by atoms with Gasteiger partial charge in [-0.1, -0.05) is 23.7 Å². The number of aliphatic hydroxyl groups excluding tert-OH is 1. The molecule has 1 N–H and O–H groups in total. The molecule has 0 radical (unpaired) electrons. The van der Waals surface area contributed by atoms with Crippen LogP contribution in [0.2, 0.25) is 5.02 Å². The van der Waals surface area contributed by atoms with Gasteiger partial charge in [0.2, 0.25) is 0 Å². The number of halogens is 1. The molecule has 0 aliphatic heterocycles. The molecule has 24 heavy (non-hydrogen) atoms. The summed E-state index contributed by atoms with van der Waals surface area (Å²) < 4.78 is 3.95. The number of rotatable bonds is 4. The fourth-order valence-electron chi connectivity index (χ4n) is 2.84. The second-order valence-corrected chi connectivity index (χ2v) is 5.90. The van der Waals surface area contributed by atoms with Crippen LogP contribution in [0, 0.1) is 0 Å². The number of aromatic nitrogens is 4. The van der Waals surface area contributed by atoms with Crippen LogP contribution >= 0.6 is 11.6 Å². The highest BCUT2D eigenvalue weighted by atomic mass is 35.5. The van der Waals surface area contributed by atoms with Crippen molar-refractivity contribution in [2.45, 2.75) is 6.54 Å². The highest BCUT2D eigenvalue weighted by molar-refractivity contribution is 6.30. The summed E-state index contributed by atoms with van der Waals surface area (Å²) in [6, 6.07) is 13.7. The first-order chi connectivity index (χ1) is 11.8. The van der Waals surface area contributed by atoms with Crippen molar-refractivity contribution in [1.29, 1.82) is 0 Å². The first-order valence-corrected chi connectivity index (χ1v) is 7.99. The van der Waals surface area contributed by atoms with Crippen molar-refractivity contribution in [3.8, 4) is 17.1 Å². The van der Waals surface area contributed by atoms with Gasteiger partial charge in [0.05, 0.1) is 24.0 Å². The van der Waals surface area contributed by atoms with Crippen LogP contribution in [0.1, 0.15) is 0 Å². The molecule has 0 spiro atoms. The second kappa shape index (κ2) is 6.11. The van der Waals surface area contributed by atoms with Gasteiger partial charge in [0.1, 0.15) is 5.82 Å². The van der Waals surface area contributed by atoms with Crippen molar-refractivity contribution >= 4 is 22.6 Å². The minimum absolute atomic E-state index is 0.0909. The summed E-state index contributed by atoms with van der Waals surface area (Å²) in [6.07, 6.45) is 5.43. The van der Waals surface area contributed by atoms with E-state index in [9.17, 15) is 0 Å². The molecule has 0 bridgehead atoms. The molecule has 2 aromatic carbocycles. The fourth-order valence-corrected chi connectivity index (χ4v) is 3.03. The normalized spacial score (nSPS) is 11.2. The Bertz CT molecular complexity index is 1010. The Morgan fingerprint density at radius 3 is 2.83 bits per heavy atom. The first-order valence-electron chi connectivity index (χ1n) is 7.62. The molecule has 0 saturated carbocycles. The van der Waals surface area contributed by atoms with Crippen LogP contribution in [0.3, 0.4) is 0 Å². The van der Waals surface area contributed by atoms with E-state index in [4.69, 9.17) is 16.7 Å². The zero-order valence-corrected chi connectivity index (χ0v) is 13.6. The number of hydrogen-bond acceptors (Lipinski definition) is 3. The molecule has 0 unspecified atom stereocenters. The Morgan fingerprint density at radius 2 is 2.00 bits per heavy atom. The van der Waals surface area contributed by atoms with Crippen molar-refractivity contribution in [2.75, 3.05) is 6.61 Å². The van der Waals surface area contributed by atoms with Crippen LogP contribution in [-0.2, 0) is 6.54 Å². The van der Waals surface area contributed by atoms with E-state index in [0.29, 0.717) is 11.6 Å². The van der Waals surface area contributed by atoms with Gasteiger partial charge in [-0.3, -0.25) is 4.57 Å². The molecule has 0 amide bonds. The van der Waals surface area contributed by atoms with E-state index in [1.165, 1.54) is 0 Å². The molecule has 0 aliphatic rings. The van der Waals surface area contributed by atoms with E-state index < -0.39 is 0 Å². The monoisotopic (exact) mass is 338 g/mol. The van der Waals surface area contributed by atoms with Crippen molar-refractivity contribution in [1.82, 2.24) is 19.1 Å². The SMILES string of the molecule is OCCn1cnc2cc(-n3ccnc3-c3cccc(Cl)c3)ccc21. The number of aliphatic hydroxyl groups is 1. The summed E-state index contributed by atoms with van der Waals surface area (Å²) in [7, 11) is 0. The van der Waals surface area contributed by atoms with Gasteiger partial charge < -0.3 is 9.67 Å². The van der Waals surface area contributed by atoms with Gasteiger partial charge in [-0.25, -0.2) is 9.97 Å². The van der Waals surface area contributed by atoms with Crippen LogP contribution in [0.15, 0.2) is 61.2 Å². The van der Waals surface area contributed by atoms with Gasteiger partial charge in [-0.2, -0.15) is 0 Å². The number of nitrogens with zero attached hydrogens (tertiary/aromatic N) is 4. The molecule has 120 valence electrons. The summed E-state index contributed by atoms with van der Waals surface area (Å²) >= 11 is 6.10. The first kappa shape index (κ1) is 14.9. The third kappa shape index (κ3) is 2.58. The molecule has 0 saturated heterocycles. The average molecular weight is 339 g/mol. The Hall–Kier alpha value is -2.63. The summed E-state index contributed by atoms with van der Waals surface area (Å²) in [4.78, 5) is 8.89. The fraction of sp³-hybridized carbons (Fsp3) is 0.111. The van der Waals surface area contributed by atoms with Gasteiger partial charge >= 0.3 is 0 Å². The highest BCUT2D eigenvalue weighted by Crippen LogP contribution is 2.25. The maximum absolute atomic E-state index is 9.12. The number of imidazole rings is 2. The molecular formula is C18H15ClN4O. The maximum Gasteiger partial charge on any atom is 0.144 e. The second-order valence-electron chi connectivity index (χ2n) is 5.47. The minimum Gasteiger partial charge on any atom is -0.395 e. The average Bonchev–Trinajstić information content (AvgIpc) is 3.22.